The van der Waals surface area contributed by atoms with E-state index in [1.807, 2.05) is 31.4 Å². The van der Waals surface area contributed by atoms with Crippen LogP contribution in [0.2, 0.25) is 0 Å². The zero-order chi connectivity index (χ0) is 19.9. The van der Waals surface area contributed by atoms with Crippen molar-refractivity contribution < 1.29 is 17.9 Å². The molecule has 0 atom stereocenters. The molecule has 0 radical (unpaired) electrons. The Balaban J connectivity index is 2.13. The van der Waals surface area contributed by atoms with Crippen molar-refractivity contribution in [2.75, 3.05) is 35.3 Å². The number of sulfonamides is 1. The maximum atomic E-state index is 12.4. The average Bonchev–Trinajstić information content (AvgIpc) is 2.64. The quantitative estimate of drug-likeness (QED) is 0.642. The minimum Gasteiger partial charge on any atom is -0.494 e. The van der Waals surface area contributed by atoms with Crippen molar-refractivity contribution in [1.82, 2.24) is 0 Å². The van der Waals surface area contributed by atoms with Gasteiger partial charge in [-0.1, -0.05) is 13.0 Å². The van der Waals surface area contributed by atoms with E-state index in [0.29, 0.717) is 23.7 Å². The molecule has 2 aromatic rings. The molecule has 0 saturated heterocycles. The fourth-order valence-electron chi connectivity index (χ4n) is 2.36. The summed E-state index contributed by atoms with van der Waals surface area (Å²) in [6.45, 7) is 2.29. The summed E-state index contributed by atoms with van der Waals surface area (Å²) in [5, 5.41) is 2.75. The molecule has 2 rings (SSSR count). The number of thioether (sulfide) groups is 1. The maximum absolute atomic E-state index is 12.4. The Morgan fingerprint density at radius 2 is 1.89 bits per heavy atom. The van der Waals surface area contributed by atoms with E-state index in [-0.39, 0.29) is 6.54 Å². The SMILES string of the molecule is CCCOc1ccc(N(CC(=O)Nc2cccc(SC)c2)S(C)(=O)=O)cc1. The normalized spacial score (nSPS) is 11.1. The van der Waals surface area contributed by atoms with Gasteiger partial charge in [-0.25, -0.2) is 8.42 Å². The molecule has 2 aromatic carbocycles. The van der Waals surface area contributed by atoms with Crippen LogP contribution in [0, 0.1) is 0 Å². The predicted molar refractivity (Wildman–Crippen MR) is 111 cm³/mol. The summed E-state index contributed by atoms with van der Waals surface area (Å²) in [6.07, 6.45) is 3.91. The molecule has 0 aromatic heterocycles. The molecule has 0 aliphatic heterocycles. The Bertz CT molecular complexity index is 868. The summed E-state index contributed by atoms with van der Waals surface area (Å²) in [6, 6.07) is 14.0. The second-order valence-corrected chi connectivity index (χ2v) is 8.68. The first-order valence-electron chi connectivity index (χ1n) is 8.48. The molecule has 0 saturated carbocycles. The van der Waals surface area contributed by atoms with E-state index in [4.69, 9.17) is 4.74 Å². The Hall–Kier alpha value is -2.19. The van der Waals surface area contributed by atoms with Gasteiger partial charge in [0, 0.05) is 10.6 Å². The molecule has 1 amide bonds. The number of benzene rings is 2. The first-order chi connectivity index (χ1) is 12.8. The van der Waals surface area contributed by atoms with E-state index in [1.165, 1.54) is 0 Å². The van der Waals surface area contributed by atoms with Crippen molar-refractivity contribution in [3.05, 3.63) is 48.5 Å². The van der Waals surface area contributed by atoms with Crippen LogP contribution in [0.4, 0.5) is 11.4 Å². The highest BCUT2D eigenvalue weighted by Crippen LogP contribution is 2.22. The number of nitrogens with zero attached hydrogens (tertiary/aromatic N) is 1. The second kappa shape index (κ2) is 9.66. The highest BCUT2D eigenvalue weighted by molar-refractivity contribution is 7.98. The van der Waals surface area contributed by atoms with E-state index < -0.39 is 15.9 Å². The monoisotopic (exact) mass is 408 g/mol. The third-order valence-electron chi connectivity index (χ3n) is 3.64. The van der Waals surface area contributed by atoms with Crippen molar-refractivity contribution >= 4 is 39.1 Å². The van der Waals surface area contributed by atoms with Gasteiger partial charge in [-0.2, -0.15) is 0 Å². The van der Waals surface area contributed by atoms with Crippen LogP contribution in [-0.2, 0) is 14.8 Å². The van der Waals surface area contributed by atoms with Gasteiger partial charge >= 0.3 is 0 Å². The summed E-state index contributed by atoms with van der Waals surface area (Å²) in [5.74, 6) is 0.248. The number of hydrogen-bond donors (Lipinski definition) is 1. The van der Waals surface area contributed by atoms with E-state index in [0.717, 1.165) is 21.9 Å². The molecule has 0 aliphatic carbocycles. The molecule has 0 heterocycles. The van der Waals surface area contributed by atoms with Crippen LogP contribution in [0.15, 0.2) is 53.4 Å². The summed E-state index contributed by atoms with van der Waals surface area (Å²) in [5.41, 5.74) is 1.04. The van der Waals surface area contributed by atoms with Gasteiger partial charge in [0.15, 0.2) is 0 Å². The third kappa shape index (κ3) is 6.48. The summed E-state index contributed by atoms with van der Waals surface area (Å²) >= 11 is 1.56. The van der Waals surface area contributed by atoms with Gasteiger partial charge in [0.25, 0.3) is 0 Å². The molecular formula is C19H24N2O4S2. The van der Waals surface area contributed by atoms with E-state index >= 15 is 0 Å². The highest BCUT2D eigenvalue weighted by Gasteiger charge is 2.21. The minimum atomic E-state index is -3.62. The van der Waals surface area contributed by atoms with E-state index in [9.17, 15) is 13.2 Å². The van der Waals surface area contributed by atoms with Gasteiger partial charge in [-0.3, -0.25) is 9.10 Å². The number of rotatable bonds is 9. The molecule has 8 heteroatoms. The standard InChI is InChI=1S/C19H24N2O4S2/c1-4-12-25-17-10-8-16(9-11-17)21(27(3,23)24)14-19(22)20-15-6-5-7-18(13-15)26-2/h5-11,13H,4,12,14H2,1-3H3,(H,20,22). The lowest BCUT2D eigenvalue weighted by molar-refractivity contribution is -0.114. The Morgan fingerprint density at radius 3 is 2.48 bits per heavy atom. The van der Waals surface area contributed by atoms with Gasteiger partial charge in [-0.05, 0) is 55.1 Å². The van der Waals surface area contributed by atoms with Gasteiger partial charge in [-0.15, -0.1) is 11.8 Å². The van der Waals surface area contributed by atoms with Crippen molar-refractivity contribution in [2.45, 2.75) is 18.2 Å². The molecule has 1 N–H and O–H groups in total. The van der Waals surface area contributed by atoms with Crippen LogP contribution in [-0.4, -0.2) is 40.0 Å². The molecule has 0 unspecified atom stereocenters. The Morgan fingerprint density at radius 1 is 1.19 bits per heavy atom. The zero-order valence-electron chi connectivity index (χ0n) is 15.6. The van der Waals surface area contributed by atoms with Crippen molar-refractivity contribution in [2.24, 2.45) is 0 Å². The Labute approximate surface area is 165 Å². The first-order valence-corrected chi connectivity index (χ1v) is 11.5. The third-order valence-corrected chi connectivity index (χ3v) is 5.50. The summed E-state index contributed by atoms with van der Waals surface area (Å²) in [7, 11) is -3.62. The van der Waals surface area contributed by atoms with E-state index in [2.05, 4.69) is 5.32 Å². The molecular weight excluding hydrogens is 384 g/mol. The van der Waals surface area contributed by atoms with Gasteiger partial charge in [0.05, 0.1) is 18.6 Å². The van der Waals surface area contributed by atoms with Crippen molar-refractivity contribution in [1.29, 1.82) is 0 Å². The minimum absolute atomic E-state index is 0.308. The van der Waals surface area contributed by atoms with Gasteiger partial charge in [0.1, 0.15) is 12.3 Å². The summed E-state index contributed by atoms with van der Waals surface area (Å²) < 4.78 is 31.0. The van der Waals surface area contributed by atoms with E-state index in [1.54, 1.807) is 42.1 Å². The molecule has 0 fully saturated rings. The van der Waals surface area contributed by atoms with Crippen molar-refractivity contribution in [3.63, 3.8) is 0 Å². The molecule has 0 aliphatic rings. The largest absolute Gasteiger partial charge is 0.494 e. The fraction of sp³-hybridized carbons (Fsp3) is 0.316. The van der Waals surface area contributed by atoms with Crippen LogP contribution < -0.4 is 14.4 Å². The number of carbonyl (C=O) groups is 1. The molecule has 0 spiro atoms. The van der Waals surface area contributed by atoms with Gasteiger partial charge in [0.2, 0.25) is 15.9 Å². The lowest BCUT2D eigenvalue weighted by atomic mass is 10.3. The number of anilines is 2. The molecule has 27 heavy (non-hydrogen) atoms. The number of hydrogen-bond acceptors (Lipinski definition) is 5. The van der Waals surface area contributed by atoms with Crippen LogP contribution in [0.5, 0.6) is 5.75 Å². The van der Waals surface area contributed by atoms with Crippen LogP contribution >= 0.6 is 11.8 Å². The zero-order valence-corrected chi connectivity index (χ0v) is 17.3. The predicted octanol–water partition coefficient (Wildman–Crippen LogP) is 3.60. The van der Waals surface area contributed by atoms with Crippen molar-refractivity contribution in [3.8, 4) is 5.75 Å². The van der Waals surface area contributed by atoms with Gasteiger partial charge < -0.3 is 10.1 Å². The molecule has 6 nitrogen and oxygen atoms in total. The number of amides is 1. The second-order valence-electron chi connectivity index (χ2n) is 5.89. The average molecular weight is 409 g/mol. The Kier molecular flexibility index (Phi) is 7.55. The maximum Gasteiger partial charge on any atom is 0.245 e. The summed E-state index contributed by atoms with van der Waals surface area (Å²) in [4.78, 5) is 13.4. The van der Waals surface area contributed by atoms with Crippen LogP contribution in [0.1, 0.15) is 13.3 Å². The smallest absolute Gasteiger partial charge is 0.245 e. The number of ether oxygens (including phenoxy) is 1. The molecule has 0 bridgehead atoms. The first kappa shape index (κ1) is 21.1. The molecule has 146 valence electrons. The fourth-order valence-corrected chi connectivity index (χ4v) is 3.68. The number of nitrogens with one attached hydrogen (secondary N) is 1. The van der Waals surface area contributed by atoms with Crippen LogP contribution in [0.25, 0.3) is 0 Å². The number of carbonyl (C=O) groups excluding carboxylic acids is 1. The highest BCUT2D eigenvalue weighted by atomic mass is 32.2. The lowest BCUT2D eigenvalue weighted by Crippen LogP contribution is -2.37. The topological polar surface area (TPSA) is 75.7 Å². The van der Waals surface area contributed by atoms with Crippen LogP contribution in [0.3, 0.4) is 0 Å². The lowest BCUT2D eigenvalue weighted by Gasteiger charge is -2.22.